The SMILES string of the molecule is COC(=O)c1ccc2c(c1)NC1=C(C(=O)CCC1)[C@@H](c1ccc(C(F)(F)F)cc1)N2C(C)=O. The van der Waals surface area contributed by atoms with E-state index in [0.717, 1.165) is 12.1 Å². The Bertz CT molecular complexity index is 1170. The summed E-state index contributed by atoms with van der Waals surface area (Å²) in [6.45, 7) is 1.33. The van der Waals surface area contributed by atoms with Crippen LogP contribution in [0.15, 0.2) is 53.7 Å². The number of ether oxygens (including phenoxy) is 1. The van der Waals surface area contributed by atoms with E-state index in [1.165, 1.54) is 43.2 Å². The summed E-state index contributed by atoms with van der Waals surface area (Å²) in [5.74, 6) is -1.15. The van der Waals surface area contributed by atoms with Gasteiger partial charge in [0, 0.05) is 24.6 Å². The van der Waals surface area contributed by atoms with Crippen LogP contribution in [0.2, 0.25) is 0 Å². The van der Waals surface area contributed by atoms with Gasteiger partial charge in [-0.2, -0.15) is 13.2 Å². The molecule has 4 rings (SSSR count). The summed E-state index contributed by atoms with van der Waals surface area (Å²) in [4.78, 5) is 39.3. The standard InChI is InChI=1S/C24H21F3N2O4/c1-13(30)29-19-11-8-15(23(32)33-2)12-18(19)28-17-4-3-5-20(31)21(17)22(29)14-6-9-16(10-7-14)24(25,26)27/h6-12,22,28H,3-5H2,1-2H3/t22-/m1/s1. The number of alkyl halides is 3. The lowest BCUT2D eigenvalue weighted by Crippen LogP contribution is -2.36. The maximum absolute atomic E-state index is 13.1. The Morgan fingerprint density at radius 2 is 1.79 bits per heavy atom. The fourth-order valence-corrected chi connectivity index (χ4v) is 4.35. The number of nitrogens with zero attached hydrogens (tertiary/aromatic N) is 1. The van der Waals surface area contributed by atoms with Crippen LogP contribution in [0, 0.1) is 0 Å². The molecule has 1 amide bonds. The van der Waals surface area contributed by atoms with Crippen molar-refractivity contribution in [3.05, 3.63) is 70.4 Å². The van der Waals surface area contributed by atoms with Crippen molar-refractivity contribution in [2.75, 3.05) is 17.3 Å². The number of carbonyl (C=O) groups excluding carboxylic acids is 3. The predicted octanol–water partition coefficient (Wildman–Crippen LogP) is 5.02. The zero-order chi connectivity index (χ0) is 23.9. The van der Waals surface area contributed by atoms with Crippen LogP contribution in [0.4, 0.5) is 24.5 Å². The number of ketones is 1. The van der Waals surface area contributed by atoms with Gasteiger partial charge in [-0.15, -0.1) is 0 Å². The van der Waals surface area contributed by atoms with Crippen molar-refractivity contribution in [3.63, 3.8) is 0 Å². The van der Waals surface area contributed by atoms with Gasteiger partial charge in [0.05, 0.1) is 35.7 Å². The maximum Gasteiger partial charge on any atom is 0.416 e. The Morgan fingerprint density at radius 3 is 2.39 bits per heavy atom. The second-order valence-corrected chi connectivity index (χ2v) is 7.93. The minimum atomic E-state index is -4.51. The third kappa shape index (κ3) is 4.10. The molecule has 2 aromatic carbocycles. The first-order valence-electron chi connectivity index (χ1n) is 10.3. The number of fused-ring (bicyclic) bond motifs is 1. The molecule has 1 heterocycles. The fraction of sp³-hybridized carbons (Fsp3) is 0.292. The van der Waals surface area contributed by atoms with E-state index in [2.05, 4.69) is 5.32 Å². The number of amides is 1. The zero-order valence-electron chi connectivity index (χ0n) is 18.0. The Hall–Kier alpha value is -3.62. The van der Waals surface area contributed by atoms with Gasteiger partial charge < -0.3 is 10.1 Å². The smallest absolute Gasteiger partial charge is 0.416 e. The number of methoxy groups -OCH3 is 1. The molecule has 0 bridgehead atoms. The number of hydrogen-bond acceptors (Lipinski definition) is 5. The van der Waals surface area contributed by atoms with Gasteiger partial charge in [0.2, 0.25) is 5.91 Å². The lowest BCUT2D eigenvalue weighted by atomic mass is 9.85. The third-order valence-corrected chi connectivity index (χ3v) is 5.84. The molecule has 2 aromatic rings. The average Bonchev–Trinajstić information content (AvgIpc) is 2.92. The molecule has 1 aliphatic heterocycles. The van der Waals surface area contributed by atoms with Crippen LogP contribution in [-0.2, 0) is 20.5 Å². The molecule has 0 aromatic heterocycles. The number of anilines is 2. The van der Waals surface area contributed by atoms with E-state index in [9.17, 15) is 27.6 Å². The molecular weight excluding hydrogens is 437 g/mol. The number of Topliss-reactive ketones (excluding diaryl/α,β-unsaturated/α-hetero) is 1. The van der Waals surface area contributed by atoms with Crippen molar-refractivity contribution >= 4 is 29.0 Å². The quantitative estimate of drug-likeness (QED) is 0.640. The molecule has 0 spiro atoms. The maximum atomic E-state index is 13.1. The van der Waals surface area contributed by atoms with Crippen molar-refractivity contribution in [1.82, 2.24) is 0 Å². The van der Waals surface area contributed by atoms with Crippen LogP contribution < -0.4 is 10.2 Å². The van der Waals surface area contributed by atoms with E-state index >= 15 is 0 Å². The molecule has 0 radical (unpaired) electrons. The van der Waals surface area contributed by atoms with Gasteiger partial charge in [-0.1, -0.05) is 12.1 Å². The summed E-state index contributed by atoms with van der Waals surface area (Å²) in [5, 5.41) is 3.21. The van der Waals surface area contributed by atoms with Gasteiger partial charge in [0.1, 0.15) is 0 Å². The number of nitrogens with one attached hydrogen (secondary N) is 1. The molecule has 6 nitrogen and oxygen atoms in total. The summed E-state index contributed by atoms with van der Waals surface area (Å²) in [5.41, 5.74) is 1.58. The van der Waals surface area contributed by atoms with E-state index in [0.29, 0.717) is 41.1 Å². The molecule has 0 unspecified atom stereocenters. The summed E-state index contributed by atoms with van der Waals surface area (Å²) in [7, 11) is 1.25. The highest BCUT2D eigenvalue weighted by Gasteiger charge is 2.39. The molecule has 0 saturated carbocycles. The number of rotatable bonds is 2. The highest BCUT2D eigenvalue weighted by atomic mass is 19.4. The van der Waals surface area contributed by atoms with Crippen molar-refractivity contribution in [2.24, 2.45) is 0 Å². The Kier molecular flexibility index (Phi) is 5.73. The van der Waals surface area contributed by atoms with Crippen LogP contribution in [0.3, 0.4) is 0 Å². The molecule has 172 valence electrons. The summed E-state index contributed by atoms with van der Waals surface area (Å²) in [6, 6.07) is 8.17. The van der Waals surface area contributed by atoms with Gasteiger partial charge in [-0.05, 0) is 48.7 Å². The lowest BCUT2D eigenvalue weighted by Gasteiger charge is -2.33. The molecule has 0 fully saturated rings. The second-order valence-electron chi connectivity index (χ2n) is 7.93. The number of hydrogen-bond donors (Lipinski definition) is 1. The molecule has 1 atom stereocenters. The van der Waals surface area contributed by atoms with Crippen LogP contribution in [0.25, 0.3) is 0 Å². The van der Waals surface area contributed by atoms with E-state index in [-0.39, 0.29) is 17.8 Å². The third-order valence-electron chi connectivity index (χ3n) is 5.84. The number of benzene rings is 2. The van der Waals surface area contributed by atoms with E-state index in [4.69, 9.17) is 4.74 Å². The minimum absolute atomic E-state index is 0.180. The normalized spacial score (nSPS) is 18.2. The summed E-state index contributed by atoms with van der Waals surface area (Å²) >= 11 is 0. The van der Waals surface area contributed by atoms with E-state index in [1.807, 2.05) is 0 Å². The summed E-state index contributed by atoms with van der Waals surface area (Å²) < 4.78 is 44.1. The Morgan fingerprint density at radius 1 is 1.09 bits per heavy atom. The zero-order valence-corrected chi connectivity index (χ0v) is 18.0. The topological polar surface area (TPSA) is 75.7 Å². The van der Waals surface area contributed by atoms with Gasteiger partial charge in [0.25, 0.3) is 0 Å². The van der Waals surface area contributed by atoms with Crippen molar-refractivity contribution in [1.29, 1.82) is 0 Å². The molecule has 1 aliphatic carbocycles. The van der Waals surface area contributed by atoms with Crippen LogP contribution in [0.1, 0.15) is 53.7 Å². The predicted molar refractivity (Wildman–Crippen MR) is 115 cm³/mol. The van der Waals surface area contributed by atoms with Gasteiger partial charge in [-0.3, -0.25) is 14.5 Å². The first kappa shape index (κ1) is 22.6. The van der Waals surface area contributed by atoms with Gasteiger partial charge in [-0.25, -0.2) is 4.79 Å². The summed E-state index contributed by atoms with van der Waals surface area (Å²) in [6.07, 6.45) is -3.12. The van der Waals surface area contributed by atoms with E-state index < -0.39 is 29.7 Å². The van der Waals surface area contributed by atoms with E-state index in [1.54, 1.807) is 6.07 Å². The van der Waals surface area contributed by atoms with Crippen molar-refractivity contribution < 1.29 is 32.3 Å². The van der Waals surface area contributed by atoms with Crippen LogP contribution >= 0.6 is 0 Å². The van der Waals surface area contributed by atoms with Crippen molar-refractivity contribution in [2.45, 2.75) is 38.4 Å². The molecule has 33 heavy (non-hydrogen) atoms. The Balaban J connectivity index is 1.93. The number of halogens is 3. The lowest BCUT2D eigenvalue weighted by molar-refractivity contribution is -0.137. The molecule has 9 heteroatoms. The first-order valence-corrected chi connectivity index (χ1v) is 10.3. The highest BCUT2D eigenvalue weighted by Crippen LogP contribution is 2.45. The molecule has 0 saturated heterocycles. The van der Waals surface area contributed by atoms with Crippen molar-refractivity contribution in [3.8, 4) is 0 Å². The van der Waals surface area contributed by atoms with Crippen LogP contribution in [-0.4, -0.2) is 24.8 Å². The number of esters is 1. The number of allylic oxidation sites excluding steroid dienone is 1. The van der Waals surface area contributed by atoms with Gasteiger partial charge in [0.15, 0.2) is 5.78 Å². The minimum Gasteiger partial charge on any atom is -0.465 e. The molecule has 1 N–H and O–H groups in total. The first-order chi connectivity index (χ1) is 15.6. The molecule has 2 aliphatic rings. The van der Waals surface area contributed by atoms with Crippen LogP contribution in [0.5, 0.6) is 0 Å². The highest BCUT2D eigenvalue weighted by molar-refractivity contribution is 6.06. The largest absolute Gasteiger partial charge is 0.465 e. The second kappa shape index (κ2) is 8.38. The Labute approximate surface area is 188 Å². The number of carbonyl (C=O) groups is 3. The molecular formula is C24H21F3N2O4. The monoisotopic (exact) mass is 458 g/mol. The fourth-order valence-electron chi connectivity index (χ4n) is 4.35. The van der Waals surface area contributed by atoms with Gasteiger partial charge >= 0.3 is 12.1 Å². The average molecular weight is 458 g/mol.